The van der Waals surface area contributed by atoms with E-state index in [4.69, 9.17) is 9.15 Å². The minimum atomic E-state index is -0.998. The van der Waals surface area contributed by atoms with E-state index in [1.54, 1.807) is 18.2 Å². The monoisotopic (exact) mass is 300 g/mol. The highest BCUT2D eigenvalue weighted by molar-refractivity contribution is 9.10. The number of hydrogen-bond acceptors (Lipinski definition) is 3. The zero-order valence-electron chi connectivity index (χ0n) is 8.98. The molecule has 0 saturated carbocycles. The molecule has 90 valence electrons. The summed E-state index contributed by atoms with van der Waals surface area (Å²) < 4.78 is 24.0. The highest BCUT2D eigenvalue weighted by atomic mass is 79.9. The van der Waals surface area contributed by atoms with Crippen LogP contribution in [0.4, 0.5) is 4.39 Å². The lowest BCUT2D eigenvalue weighted by atomic mass is 10.1. The van der Waals surface area contributed by atoms with Crippen molar-refractivity contribution in [1.29, 1.82) is 0 Å². The van der Waals surface area contributed by atoms with Gasteiger partial charge in [0, 0.05) is 0 Å². The first kappa shape index (κ1) is 12.1. The van der Waals surface area contributed by atoms with Crippen LogP contribution in [0.3, 0.4) is 0 Å². The fraction of sp³-hybridized carbons (Fsp3) is 0.167. The highest BCUT2D eigenvalue weighted by Gasteiger charge is 2.16. The summed E-state index contributed by atoms with van der Waals surface area (Å²) in [5.41, 5.74) is 0.408. The Morgan fingerprint density at radius 2 is 2.12 bits per heavy atom. The molecule has 1 N–H and O–H groups in total. The minimum absolute atomic E-state index is 0.140. The first-order valence-corrected chi connectivity index (χ1v) is 5.68. The van der Waals surface area contributed by atoms with Gasteiger partial charge in [-0.1, -0.05) is 6.07 Å². The van der Waals surface area contributed by atoms with E-state index in [9.17, 15) is 9.50 Å². The van der Waals surface area contributed by atoms with Gasteiger partial charge in [0.05, 0.1) is 7.11 Å². The zero-order valence-corrected chi connectivity index (χ0v) is 10.6. The molecular weight excluding hydrogens is 291 g/mol. The molecule has 0 aliphatic rings. The van der Waals surface area contributed by atoms with Crippen LogP contribution < -0.4 is 4.74 Å². The molecule has 0 amide bonds. The van der Waals surface area contributed by atoms with Crippen molar-refractivity contribution in [2.24, 2.45) is 0 Å². The Balaban J connectivity index is 2.31. The molecule has 1 aromatic carbocycles. The Kier molecular flexibility index (Phi) is 3.49. The van der Waals surface area contributed by atoms with Crippen LogP contribution >= 0.6 is 15.9 Å². The third-order valence-electron chi connectivity index (χ3n) is 2.36. The van der Waals surface area contributed by atoms with E-state index < -0.39 is 11.9 Å². The van der Waals surface area contributed by atoms with Crippen molar-refractivity contribution in [2.45, 2.75) is 6.10 Å². The van der Waals surface area contributed by atoms with Crippen LogP contribution in [0.25, 0.3) is 0 Å². The number of halogens is 2. The number of methoxy groups -OCH3 is 1. The summed E-state index contributed by atoms with van der Waals surface area (Å²) in [5, 5.41) is 9.97. The summed E-state index contributed by atoms with van der Waals surface area (Å²) in [7, 11) is 1.39. The number of aliphatic hydroxyl groups is 1. The van der Waals surface area contributed by atoms with Gasteiger partial charge in [-0.05, 0) is 45.8 Å². The maximum atomic E-state index is 13.5. The van der Waals surface area contributed by atoms with E-state index in [1.807, 2.05) is 0 Å². The van der Waals surface area contributed by atoms with E-state index in [1.165, 1.54) is 19.2 Å². The summed E-state index contributed by atoms with van der Waals surface area (Å²) in [6.07, 6.45) is -0.998. The smallest absolute Gasteiger partial charge is 0.169 e. The number of benzene rings is 1. The maximum absolute atomic E-state index is 13.5. The number of furan rings is 1. The molecule has 2 rings (SSSR count). The van der Waals surface area contributed by atoms with Gasteiger partial charge >= 0.3 is 0 Å². The lowest BCUT2D eigenvalue weighted by Gasteiger charge is -2.09. The lowest BCUT2D eigenvalue weighted by Crippen LogP contribution is -1.99. The molecule has 0 radical (unpaired) electrons. The molecule has 0 spiro atoms. The van der Waals surface area contributed by atoms with E-state index in [0.717, 1.165) is 0 Å². The molecule has 0 aliphatic carbocycles. The average Bonchev–Trinajstić information content (AvgIpc) is 2.75. The van der Waals surface area contributed by atoms with Crippen molar-refractivity contribution >= 4 is 15.9 Å². The largest absolute Gasteiger partial charge is 0.494 e. The predicted octanol–water partition coefficient (Wildman–Crippen LogP) is 3.27. The van der Waals surface area contributed by atoms with Crippen molar-refractivity contribution in [1.82, 2.24) is 0 Å². The quantitative estimate of drug-likeness (QED) is 0.946. The van der Waals surface area contributed by atoms with Crippen molar-refractivity contribution < 1.29 is 18.7 Å². The summed E-state index contributed by atoms with van der Waals surface area (Å²) in [6, 6.07) is 7.56. The summed E-state index contributed by atoms with van der Waals surface area (Å²) in [6.45, 7) is 0. The normalized spacial score (nSPS) is 12.5. The van der Waals surface area contributed by atoms with Crippen LogP contribution in [-0.4, -0.2) is 12.2 Å². The van der Waals surface area contributed by atoms with Crippen LogP contribution in [0.5, 0.6) is 5.75 Å². The molecule has 5 heteroatoms. The molecule has 0 fully saturated rings. The predicted molar refractivity (Wildman–Crippen MR) is 63.4 cm³/mol. The van der Waals surface area contributed by atoms with E-state index in [2.05, 4.69) is 15.9 Å². The van der Waals surface area contributed by atoms with Crippen LogP contribution in [0.1, 0.15) is 17.4 Å². The Morgan fingerprint density at radius 3 is 2.65 bits per heavy atom. The van der Waals surface area contributed by atoms with Gasteiger partial charge in [-0.25, -0.2) is 4.39 Å². The SMILES string of the molecule is COc1ccc(C(O)c2ccc(Br)o2)cc1F. The van der Waals surface area contributed by atoms with Crippen molar-refractivity contribution in [3.05, 3.63) is 52.1 Å². The number of hydrogen-bond donors (Lipinski definition) is 1. The topological polar surface area (TPSA) is 42.6 Å². The second-order valence-electron chi connectivity index (χ2n) is 3.44. The minimum Gasteiger partial charge on any atom is -0.494 e. The Hall–Kier alpha value is -1.33. The standard InChI is InChI=1S/C12H10BrFO3/c1-16-9-3-2-7(6-8(9)14)12(15)10-4-5-11(13)17-10/h2-6,12,15H,1H3. The third-order valence-corrected chi connectivity index (χ3v) is 2.78. The first-order valence-electron chi connectivity index (χ1n) is 4.88. The fourth-order valence-electron chi connectivity index (χ4n) is 1.49. The van der Waals surface area contributed by atoms with Gasteiger partial charge in [-0.15, -0.1) is 0 Å². The van der Waals surface area contributed by atoms with Gasteiger partial charge in [0.25, 0.3) is 0 Å². The third kappa shape index (κ3) is 2.50. The molecule has 1 unspecified atom stereocenters. The number of aliphatic hydroxyl groups excluding tert-OH is 1. The summed E-state index contributed by atoms with van der Waals surface area (Å²) >= 11 is 3.14. The molecule has 0 saturated heterocycles. The number of rotatable bonds is 3. The summed E-state index contributed by atoms with van der Waals surface area (Å²) in [4.78, 5) is 0. The Bertz CT molecular complexity index is 524. The van der Waals surface area contributed by atoms with Crippen LogP contribution in [0.2, 0.25) is 0 Å². The van der Waals surface area contributed by atoms with Gasteiger partial charge in [0.2, 0.25) is 0 Å². The molecule has 1 heterocycles. The molecular formula is C12H10BrFO3. The lowest BCUT2D eigenvalue weighted by molar-refractivity contribution is 0.187. The van der Waals surface area contributed by atoms with Crippen LogP contribution in [-0.2, 0) is 0 Å². The Morgan fingerprint density at radius 1 is 1.35 bits per heavy atom. The maximum Gasteiger partial charge on any atom is 0.169 e. The van der Waals surface area contributed by atoms with Gasteiger partial charge in [0.15, 0.2) is 16.2 Å². The van der Waals surface area contributed by atoms with Gasteiger partial charge < -0.3 is 14.3 Å². The van der Waals surface area contributed by atoms with Gasteiger partial charge in [-0.2, -0.15) is 0 Å². The number of ether oxygens (including phenoxy) is 1. The molecule has 2 aromatic rings. The molecule has 17 heavy (non-hydrogen) atoms. The first-order chi connectivity index (χ1) is 8.11. The second-order valence-corrected chi connectivity index (χ2v) is 4.22. The van der Waals surface area contributed by atoms with Crippen LogP contribution in [0.15, 0.2) is 39.4 Å². The van der Waals surface area contributed by atoms with E-state index in [-0.39, 0.29) is 5.75 Å². The highest BCUT2D eigenvalue weighted by Crippen LogP contribution is 2.28. The van der Waals surface area contributed by atoms with Crippen molar-refractivity contribution in [2.75, 3.05) is 7.11 Å². The molecule has 1 aromatic heterocycles. The summed E-state index contributed by atoms with van der Waals surface area (Å²) in [5.74, 6) is -0.0299. The molecule has 3 nitrogen and oxygen atoms in total. The zero-order chi connectivity index (χ0) is 12.4. The molecule has 1 atom stereocenters. The van der Waals surface area contributed by atoms with Gasteiger partial charge in [-0.3, -0.25) is 0 Å². The second kappa shape index (κ2) is 4.89. The van der Waals surface area contributed by atoms with Crippen molar-refractivity contribution in [3.63, 3.8) is 0 Å². The van der Waals surface area contributed by atoms with E-state index >= 15 is 0 Å². The van der Waals surface area contributed by atoms with Crippen molar-refractivity contribution in [3.8, 4) is 5.75 Å². The Labute approximate surface area is 106 Å². The van der Waals surface area contributed by atoms with Gasteiger partial charge in [0.1, 0.15) is 11.9 Å². The average molecular weight is 301 g/mol. The molecule has 0 bridgehead atoms. The molecule has 0 aliphatic heterocycles. The van der Waals surface area contributed by atoms with Crippen LogP contribution in [0, 0.1) is 5.82 Å². The fourth-order valence-corrected chi connectivity index (χ4v) is 1.81. The van der Waals surface area contributed by atoms with E-state index in [0.29, 0.717) is 16.0 Å².